The van der Waals surface area contributed by atoms with Gasteiger partial charge in [-0.2, -0.15) is 0 Å². The van der Waals surface area contributed by atoms with Gasteiger partial charge in [0.15, 0.2) is 10.9 Å². The summed E-state index contributed by atoms with van der Waals surface area (Å²) >= 11 is 5.27. The maximum Gasteiger partial charge on any atom is 0.325 e. The predicted molar refractivity (Wildman–Crippen MR) is 92.3 cm³/mol. The van der Waals surface area contributed by atoms with Crippen LogP contribution in [0.25, 0.3) is 0 Å². The number of esters is 1. The number of nitrogens with zero attached hydrogens (tertiary/aromatic N) is 1. The van der Waals surface area contributed by atoms with Crippen molar-refractivity contribution in [1.29, 1.82) is 0 Å². The standard InChI is InChI=1S/C17H18N2O4S/c1-2-22-15(20)12-19(11-13-7-4-3-5-8-13)17(24)18-16(21)14-9-6-10-23-14/h3-10H,2,11-12H2,1H3,(H,18,21,24). The minimum absolute atomic E-state index is 0.0556. The van der Waals surface area contributed by atoms with Crippen molar-refractivity contribution in [1.82, 2.24) is 10.2 Å². The molecule has 0 aliphatic rings. The quantitative estimate of drug-likeness (QED) is 0.639. The molecule has 1 amide bonds. The third kappa shape index (κ3) is 5.20. The highest BCUT2D eigenvalue weighted by Crippen LogP contribution is 2.06. The minimum Gasteiger partial charge on any atom is -0.465 e. The zero-order chi connectivity index (χ0) is 17.4. The van der Waals surface area contributed by atoms with Gasteiger partial charge in [-0.1, -0.05) is 30.3 Å². The Morgan fingerprint density at radius 3 is 2.58 bits per heavy atom. The molecule has 1 aromatic carbocycles. The summed E-state index contributed by atoms with van der Waals surface area (Å²) in [7, 11) is 0. The van der Waals surface area contributed by atoms with Gasteiger partial charge in [-0.3, -0.25) is 14.9 Å². The van der Waals surface area contributed by atoms with E-state index in [1.807, 2.05) is 30.3 Å². The van der Waals surface area contributed by atoms with Crippen LogP contribution in [-0.4, -0.2) is 35.0 Å². The van der Waals surface area contributed by atoms with Crippen LogP contribution in [-0.2, 0) is 16.1 Å². The molecular formula is C17H18N2O4S. The molecular weight excluding hydrogens is 328 g/mol. The molecule has 0 atom stereocenters. The Kier molecular flexibility index (Phi) is 6.51. The van der Waals surface area contributed by atoms with E-state index in [2.05, 4.69) is 5.32 Å². The van der Waals surface area contributed by atoms with Gasteiger partial charge in [-0.05, 0) is 36.8 Å². The summed E-state index contributed by atoms with van der Waals surface area (Å²) < 4.78 is 10.00. The first-order valence-electron chi connectivity index (χ1n) is 7.43. The number of carbonyl (C=O) groups excluding carboxylic acids is 2. The Morgan fingerprint density at radius 1 is 1.21 bits per heavy atom. The Hall–Kier alpha value is -2.67. The predicted octanol–water partition coefficient (Wildman–Crippen LogP) is 2.36. The molecule has 126 valence electrons. The van der Waals surface area contributed by atoms with E-state index in [9.17, 15) is 9.59 Å². The van der Waals surface area contributed by atoms with Crippen molar-refractivity contribution >= 4 is 29.2 Å². The molecule has 1 aromatic heterocycles. The van der Waals surface area contributed by atoms with Crippen LogP contribution in [0.3, 0.4) is 0 Å². The van der Waals surface area contributed by atoms with Crippen molar-refractivity contribution < 1.29 is 18.7 Å². The topological polar surface area (TPSA) is 71.8 Å². The second kappa shape index (κ2) is 8.83. The molecule has 24 heavy (non-hydrogen) atoms. The number of furan rings is 1. The third-order valence-electron chi connectivity index (χ3n) is 3.09. The van der Waals surface area contributed by atoms with E-state index >= 15 is 0 Å². The Labute approximate surface area is 145 Å². The van der Waals surface area contributed by atoms with Gasteiger partial charge in [-0.25, -0.2) is 0 Å². The fraction of sp³-hybridized carbons (Fsp3) is 0.235. The first-order valence-corrected chi connectivity index (χ1v) is 7.84. The average molecular weight is 346 g/mol. The van der Waals surface area contributed by atoms with E-state index in [0.29, 0.717) is 6.54 Å². The van der Waals surface area contributed by atoms with Gasteiger partial charge >= 0.3 is 5.97 Å². The van der Waals surface area contributed by atoms with Crippen LogP contribution in [0.2, 0.25) is 0 Å². The van der Waals surface area contributed by atoms with Crippen molar-refractivity contribution in [2.75, 3.05) is 13.2 Å². The number of carbonyl (C=O) groups is 2. The highest BCUT2D eigenvalue weighted by Gasteiger charge is 2.19. The maximum absolute atomic E-state index is 12.0. The zero-order valence-electron chi connectivity index (χ0n) is 13.2. The van der Waals surface area contributed by atoms with E-state index in [1.165, 1.54) is 12.3 Å². The van der Waals surface area contributed by atoms with Crippen molar-refractivity contribution in [3.8, 4) is 0 Å². The van der Waals surface area contributed by atoms with Crippen LogP contribution < -0.4 is 5.32 Å². The lowest BCUT2D eigenvalue weighted by Crippen LogP contribution is -2.44. The highest BCUT2D eigenvalue weighted by molar-refractivity contribution is 7.80. The molecule has 0 radical (unpaired) electrons. The van der Waals surface area contributed by atoms with Gasteiger partial charge in [0.05, 0.1) is 12.9 Å². The fourth-order valence-electron chi connectivity index (χ4n) is 2.01. The van der Waals surface area contributed by atoms with E-state index in [4.69, 9.17) is 21.4 Å². The van der Waals surface area contributed by atoms with E-state index in [1.54, 1.807) is 17.9 Å². The molecule has 0 unspecified atom stereocenters. The van der Waals surface area contributed by atoms with Crippen LogP contribution in [0, 0.1) is 0 Å². The molecule has 0 saturated carbocycles. The summed E-state index contributed by atoms with van der Waals surface area (Å²) in [5.74, 6) is -0.733. The van der Waals surface area contributed by atoms with Crippen LogP contribution >= 0.6 is 12.2 Å². The lowest BCUT2D eigenvalue weighted by Gasteiger charge is -2.24. The second-order valence-corrected chi connectivity index (χ2v) is 5.27. The monoisotopic (exact) mass is 346 g/mol. The maximum atomic E-state index is 12.0. The Morgan fingerprint density at radius 2 is 1.96 bits per heavy atom. The van der Waals surface area contributed by atoms with Crippen LogP contribution in [0.1, 0.15) is 23.0 Å². The van der Waals surface area contributed by atoms with E-state index in [0.717, 1.165) is 5.56 Å². The lowest BCUT2D eigenvalue weighted by atomic mass is 10.2. The molecule has 1 heterocycles. The number of benzene rings is 1. The van der Waals surface area contributed by atoms with Gasteiger partial charge in [0.25, 0.3) is 5.91 Å². The third-order valence-corrected chi connectivity index (χ3v) is 3.45. The molecule has 0 saturated heterocycles. The largest absolute Gasteiger partial charge is 0.465 e. The number of ether oxygens (including phenoxy) is 1. The normalized spacial score (nSPS) is 10.0. The first-order chi connectivity index (χ1) is 11.6. The molecule has 0 aliphatic carbocycles. The summed E-state index contributed by atoms with van der Waals surface area (Å²) in [6.45, 7) is 2.33. The first kappa shape index (κ1) is 17.7. The van der Waals surface area contributed by atoms with E-state index in [-0.39, 0.29) is 24.0 Å². The Bertz CT molecular complexity index is 686. The SMILES string of the molecule is CCOC(=O)CN(Cc1ccccc1)C(=S)NC(=O)c1ccco1. The van der Waals surface area contributed by atoms with Gasteiger partial charge in [0, 0.05) is 6.54 Å². The summed E-state index contributed by atoms with van der Waals surface area (Å²) in [6, 6.07) is 12.6. The zero-order valence-corrected chi connectivity index (χ0v) is 14.0. The molecule has 1 N–H and O–H groups in total. The number of thiocarbonyl (C=S) groups is 1. The molecule has 0 bridgehead atoms. The minimum atomic E-state index is -0.466. The van der Waals surface area contributed by atoms with Crippen molar-refractivity contribution in [2.45, 2.75) is 13.5 Å². The number of nitrogens with one attached hydrogen (secondary N) is 1. The van der Waals surface area contributed by atoms with E-state index < -0.39 is 11.9 Å². The number of amides is 1. The lowest BCUT2D eigenvalue weighted by molar-refractivity contribution is -0.143. The second-order valence-electron chi connectivity index (χ2n) is 4.88. The van der Waals surface area contributed by atoms with Gasteiger partial charge < -0.3 is 14.1 Å². The van der Waals surface area contributed by atoms with Crippen LogP contribution in [0.4, 0.5) is 0 Å². The highest BCUT2D eigenvalue weighted by atomic mass is 32.1. The van der Waals surface area contributed by atoms with Gasteiger partial charge in [0.1, 0.15) is 6.54 Å². The summed E-state index contributed by atoms with van der Waals surface area (Å²) in [5, 5.41) is 2.70. The smallest absolute Gasteiger partial charge is 0.325 e. The van der Waals surface area contributed by atoms with Gasteiger partial charge in [-0.15, -0.1) is 0 Å². The van der Waals surface area contributed by atoms with Crippen molar-refractivity contribution in [2.24, 2.45) is 0 Å². The fourth-order valence-corrected chi connectivity index (χ4v) is 2.23. The summed E-state index contributed by atoms with van der Waals surface area (Å²) in [6.07, 6.45) is 1.40. The number of rotatable bonds is 6. The molecule has 2 rings (SSSR count). The number of hydrogen-bond donors (Lipinski definition) is 1. The van der Waals surface area contributed by atoms with Gasteiger partial charge in [0.2, 0.25) is 0 Å². The molecule has 0 spiro atoms. The van der Waals surface area contributed by atoms with Crippen molar-refractivity contribution in [3.05, 3.63) is 60.1 Å². The number of hydrogen-bond acceptors (Lipinski definition) is 5. The molecule has 6 nitrogen and oxygen atoms in total. The van der Waals surface area contributed by atoms with Crippen molar-refractivity contribution in [3.63, 3.8) is 0 Å². The summed E-state index contributed by atoms with van der Waals surface area (Å²) in [4.78, 5) is 25.4. The molecule has 0 aliphatic heterocycles. The molecule has 2 aromatic rings. The van der Waals surface area contributed by atoms with Crippen LogP contribution in [0.5, 0.6) is 0 Å². The van der Waals surface area contributed by atoms with Crippen LogP contribution in [0.15, 0.2) is 53.1 Å². The summed E-state index contributed by atoms with van der Waals surface area (Å²) in [5.41, 5.74) is 0.955. The Balaban J connectivity index is 2.07. The average Bonchev–Trinajstić information content (AvgIpc) is 3.10. The molecule has 0 fully saturated rings. The molecule has 7 heteroatoms.